The van der Waals surface area contributed by atoms with E-state index in [0.29, 0.717) is 4.88 Å². The lowest BCUT2D eigenvalue weighted by Crippen LogP contribution is -2.24. The Balaban J connectivity index is 1.72. The third kappa shape index (κ3) is 3.52. The SMILES string of the molecule is CN1CCC(CNCc2ccc(C(=O)O)s2)C1. The summed E-state index contributed by atoms with van der Waals surface area (Å²) in [6.45, 7) is 4.15. The second-order valence-electron chi connectivity index (χ2n) is 4.62. The molecule has 2 rings (SSSR count). The van der Waals surface area contributed by atoms with Crippen LogP contribution >= 0.6 is 11.3 Å². The Kier molecular flexibility index (Phi) is 4.15. The number of carboxylic acid groups (broad SMARTS) is 1. The Labute approximate surface area is 105 Å². The molecule has 5 heteroatoms. The molecule has 0 saturated carbocycles. The van der Waals surface area contributed by atoms with E-state index in [1.165, 1.54) is 24.3 Å². The van der Waals surface area contributed by atoms with E-state index < -0.39 is 5.97 Å². The van der Waals surface area contributed by atoms with Gasteiger partial charge in [-0.1, -0.05) is 0 Å². The fourth-order valence-electron chi connectivity index (χ4n) is 2.18. The summed E-state index contributed by atoms with van der Waals surface area (Å²) in [5.74, 6) is -0.0995. The van der Waals surface area contributed by atoms with Crippen molar-refractivity contribution >= 4 is 17.3 Å². The Morgan fingerprint density at radius 2 is 2.47 bits per heavy atom. The molecule has 1 atom stereocenters. The molecule has 1 aliphatic rings. The topological polar surface area (TPSA) is 52.6 Å². The van der Waals surface area contributed by atoms with Gasteiger partial charge in [0.1, 0.15) is 4.88 Å². The molecule has 0 bridgehead atoms. The molecule has 17 heavy (non-hydrogen) atoms. The van der Waals surface area contributed by atoms with Crippen LogP contribution in [0.15, 0.2) is 12.1 Å². The first-order valence-electron chi connectivity index (χ1n) is 5.86. The molecule has 0 radical (unpaired) electrons. The van der Waals surface area contributed by atoms with Gasteiger partial charge < -0.3 is 15.3 Å². The van der Waals surface area contributed by atoms with Crippen LogP contribution in [0.5, 0.6) is 0 Å². The zero-order chi connectivity index (χ0) is 12.3. The summed E-state index contributed by atoms with van der Waals surface area (Å²) in [6, 6.07) is 3.56. The molecule has 0 spiro atoms. The number of likely N-dealkylation sites (tertiary alicyclic amines) is 1. The molecule has 2 heterocycles. The summed E-state index contributed by atoms with van der Waals surface area (Å²) in [7, 11) is 2.15. The summed E-state index contributed by atoms with van der Waals surface area (Å²) in [4.78, 5) is 14.6. The lowest BCUT2D eigenvalue weighted by atomic mass is 10.1. The van der Waals surface area contributed by atoms with Crippen molar-refractivity contribution in [3.8, 4) is 0 Å². The van der Waals surface area contributed by atoms with Gasteiger partial charge in [-0.3, -0.25) is 0 Å². The number of nitrogens with zero attached hydrogens (tertiary/aromatic N) is 1. The summed E-state index contributed by atoms with van der Waals surface area (Å²) < 4.78 is 0. The van der Waals surface area contributed by atoms with Gasteiger partial charge >= 0.3 is 5.97 Å². The van der Waals surface area contributed by atoms with Crippen LogP contribution in [0, 0.1) is 5.92 Å². The number of carboxylic acids is 1. The fourth-order valence-corrected chi connectivity index (χ4v) is 3.00. The van der Waals surface area contributed by atoms with Gasteiger partial charge in [0.15, 0.2) is 0 Å². The van der Waals surface area contributed by atoms with Gasteiger partial charge in [-0.25, -0.2) is 4.79 Å². The van der Waals surface area contributed by atoms with E-state index in [0.717, 1.165) is 30.4 Å². The lowest BCUT2D eigenvalue weighted by Gasteiger charge is -2.10. The maximum absolute atomic E-state index is 10.7. The monoisotopic (exact) mass is 254 g/mol. The molecule has 0 aromatic carbocycles. The number of carbonyl (C=O) groups is 1. The van der Waals surface area contributed by atoms with Crippen LogP contribution in [-0.2, 0) is 6.54 Å². The second kappa shape index (κ2) is 5.62. The normalized spacial score (nSPS) is 20.9. The predicted octanol–water partition coefficient (Wildman–Crippen LogP) is 1.49. The van der Waals surface area contributed by atoms with E-state index in [4.69, 9.17) is 5.11 Å². The molecule has 1 aliphatic heterocycles. The number of nitrogens with one attached hydrogen (secondary N) is 1. The molecule has 4 nitrogen and oxygen atoms in total. The highest BCUT2D eigenvalue weighted by Crippen LogP contribution is 2.17. The Morgan fingerprint density at radius 1 is 1.65 bits per heavy atom. The van der Waals surface area contributed by atoms with E-state index in [1.54, 1.807) is 6.07 Å². The molecular formula is C12H18N2O2S. The van der Waals surface area contributed by atoms with Crippen molar-refractivity contribution in [2.45, 2.75) is 13.0 Å². The van der Waals surface area contributed by atoms with Gasteiger partial charge in [0, 0.05) is 18.0 Å². The van der Waals surface area contributed by atoms with Crippen LogP contribution in [0.3, 0.4) is 0 Å². The Morgan fingerprint density at radius 3 is 3.06 bits per heavy atom. The minimum atomic E-state index is -0.835. The first-order chi connectivity index (χ1) is 8.15. The molecular weight excluding hydrogens is 236 g/mol. The molecule has 1 aromatic heterocycles. The number of hydrogen-bond acceptors (Lipinski definition) is 4. The average Bonchev–Trinajstić information content (AvgIpc) is 2.88. The molecule has 1 unspecified atom stereocenters. The summed E-state index contributed by atoms with van der Waals surface area (Å²) in [5.41, 5.74) is 0. The maximum Gasteiger partial charge on any atom is 0.345 e. The highest BCUT2D eigenvalue weighted by Gasteiger charge is 2.18. The van der Waals surface area contributed by atoms with E-state index >= 15 is 0 Å². The quantitative estimate of drug-likeness (QED) is 0.836. The second-order valence-corrected chi connectivity index (χ2v) is 5.79. The lowest BCUT2D eigenvalue weighted by molar-refractivity contribution is 0.0702. The van der Waals surface area contributed by atoms with Crippen molar-refractivity contribution in [1.29, 1.82) is 0 Å². The Hall–Kier alpha value is -0.910. The average molecular weight is 254 g/mol. The van der Waals surface area contributed by atoms with Gasteiger partial charge in [0.25, 0.3) is 0 Å². The van der Waals surface area contributed by atoms with Crippen LogP contribution < -0.4 is 5.32 Å². The number of thiophene rings is 1. The van der Waals surface area contributed by atoms with Crippen LogP contribution in [0.1, 0.15) is 21.0 Å². The van der Waals surface area contributed by atoms with Crippen molar-refractivity contribution in [3.63, 3.8) is 0 Å². The number of hydrogen-bond donors (Lipinski definition) is 2. The van der Waals surface area contributed by atoms with Crippen molar-refractivity contribution in [3.05, 3.63) is 21.9 Å². The van der Waals surface area contributed by atoms with E-state index in [-0.39, 0.29) is 0 Å². The highest BCUT2D eigenvalue weighted by molar-refractivity contribution is 7.13. The van der Waals surface area contributed by atoms with Gasteiger partial charge in [-0.15, -0.1) is 11.3 Å². The molecule has 0 aliphatic carbocycles. The van der Waals surface area contributed by atoms with Gasteiger partial charge in [0.05, 0.1) is 0 Å². The van der Waals surface area contributed by atoms with Crippen LogP contribution in [0.2, 0.25) is 0 Å². The standard InChI is InChI=1S/C12H18N2O2S/c1-14-5-4-9(8-14)6-13-7-10-2-3-11(17-10)12(15)16/h2-3,9,13H,4-8H2,1H3,(H,15,16). The first-order valence-corrected chi connectivity index (χ1v) is 6.68. The number of aromatic carboxylic acids is 1. The van der Waals surface area contributed by atoms with Crippen molar-refractivity contribution in [1.82, 2.24) is 10.2 Å². The van der Waals surface area contributed by atoms with E-state index in [2.05, 4.69) is 17.3 Å². The minimum Gasteiger partial charge on any atom is -0.477 e. The predicted molar refractivity (Wildman–Crippen MR) is 68.6 cm³/mol. The summed E-state index contributed by atoms with van der Waals surface area (Å²) >= 11 is 1.35. The molecule has 2 N–H and O–H groups in total. The van der Waals surface area contributed by atoms with Gasteiger partial charge in [0.2, 0.25) is 0 Å². The molecule has 1 saturated heterocycles. The largest absolute Gasteiger partial charge is 0.477 e. The van der Waals surface area contributed by atoms with Gasteiger partial charge in [-0.05, 0) is 44.6 Å². The minimum absolute atomic E-state index is 0.419. The zero-order valence-electron chi connectivity index (χ0n) is 9.98. The first kappa shape index (κ1) is 12.5. The van der Waals surface area contributed by atoms with E-state index in [9.17, 15) is 4.79 Å². The van der Waals surface area contributed by atoms with Crippen molar-refractivity contribution < 1.29 is 9.90 Å². The van der Waals surface area contributed by atoms with Crippen LogP contribution in [-0.4, -0.2) is 42.7 Å². The van der Waals surface area contributed by atoms with Crippen LogP contribution in [0.4, 0.5) is 0 Å². The highest BCUT2D eigenvalue weighted by atomic mass is 32.1. The number of rotatable bonds is 5. The Bertz CT molecular complexity index is 392. The molecule has 1 fully saturated rings. The van der Waals surface area contributed by atoms with Crippen molar-refractivity contribution in [2.24, 2.45) is 5.92 Å². The molecule has 0 amide bonds. The molecule has 94 valence electrons. The van der Waals surface area contributed by atoms with Crippen LogP contribution in [0.25, 0.3) is 0 Å². The van der Waals surface area contributed by atoms with Gasteiger partial charge in [-0.2, -0.15) is 0 Å². The van der Waals surface area contributed by atoms with Crippen molar-refractivity contribution in [2.75, 3.05) is 26.7 Å². The smallest absolute Gasteiger partial charge is 0.345 e. The summed E-state index contributed by atoms with van der Waals surface area (Å²) in [5, 5.41) is 12.2. The summed E-state index contributed by atoms with van der Waals surface area (Å²) in [6.07, 6.45) is 1.26. The maximum atomic E-state index is 10.7. The third-order valence-electron chi connectivity index (χ3n) is 3.09. The molecule has 1 aromatic rings. The zero-order valence-corrected chi connectivity index (χ0v) is 10.8. The van der Waals surface area contributed by atoms with E-state index in [1.807, 2.05) is 6.07 Å². The fraction of sp³-hybridized carbons (Fsp3) is 0.583. The third-order valence-corrected chi connectivity index (χ3v) is 4.17.